The van der Waals surface area contributed by atoms with Gasteiger partial charge in [0, 0.05) is 25.4 Å². The van der Waals surface area contributed by atoms with Gasteiger partial charge in [-0.05, 0) is 43.2 Å². The Hall–Kier alpha value is -3.95. The van der Waals surface area contributed by atoms with Crippen molar-refractivity contribution in [2.24, 2.45) is 0 Å². The van der Waals surface area contributed by atoms with Crippen molar-refractivity contribution in [2.45, 2.75) is 51.1 Å². The van der Waals surface area contributed by atoms with Gasteiger partial charge in [0.2, 0.25) is 17.7 Å². The third-order valence-corrected chi connectivity index (χ3v) is 6.74. The highest BCUT2D eigenvalue weighted by molar-refractivity contribution is 5.99. The minimum atomic E-state index is -1.02. The molecule has 0 aromatic heterocycles. The molecule has 3 rings (SSSR count). The summed E-state index contributed by atoms with van der Waals surface area (Å²) in [7, 11) is 1.52. The van der Waals surface area contributed by atoms with Crippen LogP contribution < -0.4 is 20.7 Å². The Morgan fingerprint density at radius 1 is 1.13 bits per heavy atom. The third-order valence-electron chi connectivity index (χ3n) is 6.74. The summed E-state index contributed by atoms with van der Waals surface area (Å²) in [5.41, 5.74) is 0.544. The molecule has 2 atom stereocenters. The highest BCUT2D eigenvalue weighted by atomic mass is 19.1. The maximum absolute atomic E-state index is 13.4. The number of hydrogen-bond donors (Lipinski definition) is 3. The van der Waals surface area contributed by atoms with Crippen molar-refractivity contribution in [3.05, 3.63) is 65.5 Å². The molecule has 3 N–H and O–H groups in total. The first kappa shape index (κ1) is 28.6. The lowest BCUT2D eigenvalue weighted by molar-refractivity contribution is -0.138. The molecule has 0 fully saturated rings. The minimum Gasteiger partial charge on any atom is -0.491 e. The van der Waals surface area contributed by atoms with Gasteiger partial charge in [0.1, 0.15) is 30.3 Å². The van der Waals surface area contributed by atoms with Crippen molar-refractivity contribution in [3.8, 4) is 5.75 Å². The van der Waals surface area contributed by atoms with Gasteiger partial charge in [-0.1, -0.05) is 38.1 Å². The lowest BCUT2D eigenvalue weighted by Gasteiger charge is -2.28. The molecule has 0 unspecified atom stereocenters. The molecule has 0 radical (unpaired) electrons. The fraction of sp³-hybridized carbons (Fsp3) is 0.429. The molecule has 0 bridgehead atoms. The Balaban J connectivity index is 1.81. The topological polar surface area (TPSA) is 117 Å². The maximum atomic E-state index is 13.4. The number of nitrogens with one attached hydrogen (secondary N) is 3. The van der Waals surface area contributed by atoms with Gasteiger partial charge in [0.15, 0.2) is 0 Å². The molecule has 204 valence electrons. The lowest BCUT2D eigenvalue weighted by Crippen LogP contribution is -2.50. The predicted octanol–water partition coefficient (Wildman–Crippen LogP) is 2.15. The number of hydrogen-bond acceptors (Lipinski definition) is 5. The van der Waals surface area contributed by atoms with Crippen molar-refractivity contribution in [3.63, 3.8) is 0 Å². The summed E-state index contributed by atoms with van der Waals surface area (Å²) in [5, 5.41) is 8.34. The van der Waals surface area contributed by atoms with Crippen LogP contribution in [0.2, 0.25) is 0 Å². The molecule has 1 aliphatic heterocycles. The van der Waals surface area contributed by atoms with Gasteiger partial charge in [-0.25, -0.2) is 4.39 Å². The average Bonchev–Trinajstić information content (AvgIpc) is 2.90. The van der Waals surface area contributed by atoms with E-state index in [4.69, 9.17) is 4.74 Å². The summed E-state index contributed by atoms with van der Waals surface area (Å²) in [6.45, 7) is 5.96. The van der Waals surface area contributed by atoms with Crippen LogP contribution in [0.15, 0.2) is 48.5 Å². The molecule has 2 aromatic rings. The second-order valence-corrected chi connectivity index (χ2v) is 9.99. The molecule has 9 nitrogen and oxygen atoms in total. The summed E-state index contributed by atoms with van der Waals surface area (Å²) < 4.78 is 19.1. The molecule has 0 aliphatic carbocycles. The SMILES string of the molecule is C[C@H]1C(=O)NCCOc2ccccc2C(=O)N[C@H](C(=O)NCC(C)(C)c2ccc(F)cc2)CCC(=O)N1C. The number of amides is 4. The van der Waals surface area contributed by atoms with Gasteiger partial charge >= 0.3 is 0 Å². The number of carbonyl (C=O) groups is 4. The van der Waals surface area contributed by atoms with Crippen LogP contribution >= 0.6 is 0 Å². The van der Waals surface area contributed by atoms with Gasteiger partial charge in [0.05, 0.1) is 12.1 Å². The molecule has 10 heteroatoms. The Morgan fingerprint density at radius 3 is 2.53 bits per heavy atom. The molecule has 38 heavy (non-hydrogen) atoms. The quantitative estimate of drug-likeness (QED) is 0.565. The summed E-state index contributed by atoms with van der Waals surface area (Å²) >= 11 is 0. The van der Waals surface area contributed by atoms with Crippen LogP contribution in [0.1, 0.15) is 49.5 Å². The van der Waals surface area contributed by atoms with E-state index in [2.05, 4.69) is 16.0 Å². The van der Waals surface area contributed by atoms with Crippen molar-refractivity contribution in [2.75, 3.05) is 26.7 Å². The molecular weight excluding hydrogens is 491 g/mol. The monoisotopic (exact) mass is 526 g/mol. The minimum absolute atomic E-state index is 0.0229. The normalized spacial score (nSPS) is 19.7. The van der Waals surface area contributed by atoms with E-state index in [1.54, 1.807) is 43.3 Å². The fourth-order valence-corrected chi connectivity index (χ4v) is 4.04. The lowest BCUT2D eigenvalue weighted by atomic mass is 9.84. The number of likely N-dealkylation sites (N-methyl/N-ethyl adjacent to an activating group) is 1. The second kappa shape index (κ2) is 12.5. The Morgan fingerprint density at radius 2 is 1.82 bits per heavy atom. The zero-order valence-corrected chi connectivity index (χ0v) is 22.2. The van der Waals surface area contributed by atoms with Crippen molar-refractivity contribution in [1.82, 2.24) is 20.9 Å². The van der Waals surface area contributed by atoms with E-state index >= 15 is 0 Å². The van der Waals surface area contributed by atoms with Crippen LogP contribution in [-0.4, -0.2) is 67.4 Å². The van der Waals surface area contributed by atoms with Crippen molar-refractivity contribution < 1.29 is 28.3 Å². The van der Waals surface area contributed by atoms with Crippen LogP contribution in [-0.2, 0) is 19.8 Å². The molecule has 0 spiro atoms. The number of fused-ring (bicyclic) bond motifs is 1. The van der Waals surface area contributed by atoms with Crippen LogP contribution in [0.5, 0.6) is 5.75 Å². The molecule has 0 saturated carbocycles. The van der Waals surface area contributed by atoms with E-state index in [0.29, 0.717) is 5.75 Å². The van der Waals surface area contributed by atoms with Crippen molar-refractivity contribution >= 4 is 23.6 Å². The van der Waals surface area contributed by atoms with E-state index < -0.39 is 29.3 Å². The first-order valence-corrected chi connectivity index (χ1v) is 12.6. The fourth-order valence-electron chi connectivity index (χ4n) is 4.04. The first-order chi connectivity index (χ1) is 18.0. The summed E-state index contributed by atoms with van der Waals surface area (Å²) in [6.07, 6.45) is -0.0406. The molecule has 0 saturated heterocycles. The number of nitrogens with zero attached hydrogens (tertiary/aromatic N) is 1. The Labute approximate surface area is 222 Å². The highest BCUT2D eigenvalue weighted by Crippen LogP contribution is 2.23. The number of para-hydroxylation sites is 1. The first-order valence-electron chi connectivity index (χ1n) is 12.6. The van der Waals surface area contributed by atoms with E-state index in [0.717, 1.165) is 5.56 Å². The van der Waals surface area contributed by atoms with Gasteiger partial charge in [-0.15, -0.1) is 0 Å². The molecule has 1 aliphatic rings. The predicted molar refractivity (Wildman–Crippen MR) is 140 cm³/mol. The van der Waals surface area contributed by atoms with Crippen LogP contribution in [0.25, 0.3) is 0 Å². The van der Waals surface area contributed by atoms with Crippen LogP contribution in [0.4, 0.5) is 4.39 Å². The maximum Gasteiger partial charge on any atom is 0.255 e. The summed E-state index contributed by atoms with van der Waals surface area (Å²) in [5.74, 6) is -1.69. The van der Waals surface area contributed by atoms with Gasteiger partial charge < -0.3 is 25.6 Å². The van der Waals surface area contributed by atoms with E-state index in [1.807, 2.05) is 13.8 Å². The molecular formula is C28H35FN4O5. The zero-order chi connectivity index (χ0) is 27.9. The molecule has 4 amide bonds. The Bertz CT molecular complexity index is 1170. The van der Waals surface area contributed by atoms with Crippen LogP contribution in [0.3, 0.4) is 0 Å². The average molecular weight is 527 g/mol. The second-order valence-electron chi connectivity index (χ2n) is 9.99. The smallest absolute Gasteiger partial charge is 0.255 e. The van der Waals surface area contributed by atoms with Crippen molar-refractivity contribution in [1.29, 1.82) is 0 Å². The number of benzene rings is 2. The molecule has 2 aromatic carbocycles. The standard InChI is InChI=1S/C28H35FN4O5/c1-18-25(35)30-15-16-38-23-8-6-5-7-21(23)26(36)32-22(13-14-24(34)33(18)4)27(37)31-17-28(2,3)19-9-11-20(29)12-10-19/h5-12,18,22H,13-17H2,1-4H3,(H,30,35)(H,31,37)(H,32,36)/t18-,22-/m0/s1. The Kier molecular flexibility index (Phi) is 9.44. The highest BCUT2D eigenvalue weighted by Gasteiger charge is 2.29. The molecule has 1 heterocycles. The largest absolute Gasteiger partial charge is 0.491 e. The van der Waals surface area contributed by atoms with E-state index in [-0.39, 0.29) is 55.7 Å². The van der Waals surface area contributed by atoms with Gasteiger partial charge in [-0.3, -0.25) is 19.2 Å². The van der Waals surface area contributed by atoms with E-state index in [1.165, 1.54) is 24.1 Å². The van der Waals surface area contributed by atoms with Gasteiger partial charge in [0.25, 0.3) is 5.91 Å². The number of halogens is 1. The summed E-state index contributed by atoms with van der Waals surface area (Å²) in [4.78, 5) is 53.1. The van der Waals surface area contributed by atoms with Crippen LogP contribution in [0, 0.1) is 5.82 Å². The zero-order valence-electron chi connectivity index (χ0n) is 22.2. The summed E-state index contributed by atoms with van der Waals surface area (Å²) in [6, 6.07) is 10.9. The number of carbonyl (C=O) groups excluding carboxylic acids is 4. The van der Waals surface area contributed by atoms with Gasteiger partial charge in [-0.2, -0.15) is 0 Å². The number of rotatable bonds is 4. The third kappa shape index (κ3) is 7.30. The number of ether oxygens (including phenoxy) is 1. The van der Waals surface area contributed by atoms with E-state index in [9.17, 15) is 23.6 Å².